The van der Waals surface area contributed by atoms with Crippen molar-refractivity contribution in [2.45, 2.75) is 13.0 Å². The fraction of sp³-hybridized carbons (Fsp3) is 0.778. The quantitative estimate of drug-likeness (QED) is 0.506. The van der Waals surface area contributed by atoms with Crippen LogP contribution in [0.2, 0.25) is 0 Å². The van der Waals surface area contributed by atoms with Gasteiger partial charge in [0.2, 0.25) is 0 Å². The summed E-state index contributed by atoms with van der Waals surface area (Å²) in [6.45, 7) is 0.554. The first-order valence-corrected chi connectivity index (χ1v) is 4.85. The number of alkyl carbamates (subject to hydrolysis) is 1. The summed E-state index contributed by atoms with van der Waals surface area (Å²) in [5.41, 5.74) is -1.32. The molecular weight excluding hydrogens is 218 g/mol. The fourth-order valence-corrected chi connectivity index (χ4v) is 1.05. The summed E-state index contributed by atoms with van der Waals surface area (Å²) in [5.74, 6) is -0.722. The van der Waals surface area contributed by atoms with Crippen LogP contribution in [0.15, 0.2) is 0 Å². The molecule has 0 bridgehead atoms. The number of carbonyl (C=O) groups is 2. The molecule has 16 heavy (non-hydrogen) atoms. The van der Waals surface area contributed by atoms with Gasteiger partial charge in [-0.15, -0.1) is 0 Å². The van der Waals surface area contributed by atoms with Crippen molar-refractivity contribution in [3.8, 4) is 0 Å². The lowest BCUT2D eigenvalue weighted by molar-refractivity contribution is -0.162. The highest BCUT2D eigenvalue weighted by Crippen LogP contribution is 2.16. The molecule has 0 aromatic heterocycles. The lowest BCUT2D eigenvalue weighted by atomic mass is 9.93. The van der Waals surface area contributed by atoms with Crippen LogP contribution in [0, 0.1) is 5.41 Å². The van der Waals surface area contributed by atoms with Gasteiger partial charge in [0.1, 0.15) is 12.0 Å². The maximum absolute atomic E-state index is 11.5. The normalized spacial score (nSPS) is 20.2. The lowest BCUT2D eigenvalue weighted by Gasteiger charge is -2.22. The summed E-state index contributed by atoms with van der Waals surface area (Å²) >= 11 is 0. The molecule has 1 heterocycles. The van der Waals surface area contributed by atoms with Gasteiger partial charge in [0.05, 0.1) is 19.8 Å². The van der Waals surface area contributed by atoms with Gasteiger partial charge in [-0.05, 0) is 6.92 Å². The lowest BCUT2D eigenvalue weighted by Crippen LogP contribution is -2.38. The Morgan fingerprint density at radius 2 is 2.25 bits per heavy atom. The molecule has 3 N–H and O–H groups in total. The summed E-state index contributed by atoms with van der Waals surface area (Å²) in [6.07, 6.45) is -1.06. The van der Waals surface area contributed by atoms with E-state index in [1.165, 1.54) is 6.92 Å². The first-order chi connectivity index (χ1) is 7.51. The molecule has 0 aliphatic carbocycles. The molecule has 0 spiro atoms. The predicted molar refractivity (Wildman–Crippen MR) is 51.5 cm³/mol. The Hall–Kier alpha value is -1.34. The highest BCUT2D eigenvalue weighted by atomic mass is 16.6. The standard InChI is InChI=1S/C9H15NO6/c1-9(4-11,5-12)7(13)15-3-6-2-10-8(14)16-6/h6,11-12H,2-5H2,1H3,(H,10,14)/t6-/m0/s1. The molecule has 1 fully saturated rings. The van der Waals surface area contributed by atoms with Crippen LogP contribution in [0.25, 0.3) is 0 Å². The van der Waals surface area contributed by atoms with Crippen LogP contribution in [0.3, 0.4) is 0 Å². The van der Waals surface area contributed by atoms with Crippen LogP contribution in [0.1, 0.15) is 6.92 Å². The van der Waals surface area contributed by atoms with E-state index in [1.54, 1.807) is 0 Å². The molecular formula is C9H15NO6. The van der Waals surface area contributed by atoms with Gasteiger partial charge in [0, 0.05) is 0 Å². The SMILES string of the molecule is CC(CO)(CO)C(=O)OC[C@@H]1CNC(=O)O1. The number of aliphatic hydroxyl groups is 2. The minimum atomic E-state index is -1.32. The van der Waals surface area contributed by atoms with E-state index >= 15 is 0 Å². The molecule has 1 aliphatic rings. The van der Waals surface area contributed by atoms with E-state index in [0.717, 1.165) is 0 Å². The molecule has 1 atom stereocenters. The van der Waals surface area contributed by atoms with E-state index < -0.39 is 36.8 Å². The van der Waals surface area contributed by atoms with Gasteiger partial charge in [-0.3, -0.25) is 4.79 Å². The average molecular weight is 233 g/mol. The Balaban J connectivity index is 2.37. The maximum atomic E-state index is 11.5. The second-order valence-electron chi connectivity index (χ2n) is 3.88. The monoisotopic (exact) mass is 233 g/mol. The number of aliphatic hydroxyl groups excluding tert-OH is 2. The average Bonchev–Trinajstić information content (AvgIpc) is 2.70. The van der Waals surface area contributed by atoms with E-state index in [4.69, 9.17) is 19.7 Å². The molecule has 7 heteroatoms. The largest absolute Gasteiger partial charge is 0.461 e. The third-order valence-electron chi connectivity index (χ3n) is 2.34. The van der Waals surface area contributed by atoms with Crippen molar-refractivity contribution >= 4 is 12.1 Å². The van der Waals surface area contributed by atoms with Crippen LogP contribution in [-0.2, 0) is 14.3 Å². The molecule has 0 saturated carbocycles. The molecule has 0 radical (unpaired) electrons. The Morgan fingerprint density at radius 1 is 1.62 bits per heavy atom. The Labute approximate surface area is 92.3 Å². The van der Waals surface area contributed by atoms with Gasteiger partial charge in [-0.1, -0.05) is 0 Å². The summed E-state index contributed by atoms with van der Waals surface area (Å²) in [6, 6.07) is 0. The first kappa shape index (κ1) is 12.7. The predicted octanol–water partition coefficient (Wildman–Crippen LogP) is -1.37. The number of amides is 1. The van der Waals surface area contributed by atoms with Gasteiger partial charge < -0.3 is 25.0 Å². The van der Waals surface area contributed by atoms with Crippen LogP contribution < -0.4 is 5.32 Å². The van der Waals surface area contributed by atoms with Crippen molar-refractivity contribution in [3.05, 3.63) is 0 Å². The number of cyclic esters (lactones) is 1. The molecule has 92 valence electrons. The van der Waals surface area contributed by atoms with E-state index in [0.29, 0.717) is 0 Å². The summed E-state index contributed by atoms with van der Waals surface area (Å²) < 4.78 is 9.58. The molecule has 1 rings (SSSR count). The van der Waals surface area contributed by atoms with Crippen molar-refractivity contribution in [1.82, 2.24) is 5.32 Å². The molecule has 7 nitrogen and oxygen atoms in total. The molecule has 0 unspecified atom stereocenters. The number of carbonyl (C=O) groups excluding carboxylic acids is 2. The summed E-state index contributed by atoms with van der Waals surface area (Å²) in [5, 5.41) is 20.3. The van der Waals surface area contributed by atoms with Gasteiger partial charge in [0.25, 0.3) is 0 Å². The number of nitrogens with one attached hydrogen (secondary N) is 1. The topological polar surface area (TPSA) is 105 Å². The number of ether oxygens (including phenoxy) is 2. The second-order valence-corrected chi connectivity index (χ2v) is 3.88. The van der Waals surface area contributed by atoms with E-state index in [2.05, 4.69) is 5.32 Å². The molecule has 1 aliphatic heterocycles. The fourth-order valence-electron chi connectivity index (χ4n) is 1.05. The van der Waals surface area contributed by atoms with E-state index in [9.17, 15) is 9.59 Å². The molecule has 1 amide bonds. The third-order valence-corrected chi connectivity index (χ3v) is 2.34. The smallest absolute Gasteiger partial charge is 0.407 e. The zero-order valence-electron chi connectivity index (χ0n) is 8.93. The van der Waals surface area contributed by atoms with Gasteiger partial charge in [-0.2, -0.15) is 0 Å². The second kappa shape index (κ2) is 5.13. The van der Waals surface area contributed by atoms with Crippen molar-refractivity contribution in [3.63, 3.8) is 0 Å². The number of esters is 1. The van der Waals surface area contributed by atoms with Crippen molar-refractivity contribution < 1.29 is 29.3 Å². The molecule has 1 saturated heterocycles. The van der Waals surface area contributed by atoms with Gasteiger partial charge >= 0.3 is 12.1 Å². The van der Waals surface area contributed by atoms with Gasteiger partial charge in [-0.25, -0.2) is 4.79 Å². The highest BCUT2D eigenvalue weighted by Gasteiger charge is 2.35. The number of rotatable bonds is 5. The van der Waals surface area contributed by atoms with Crippen molar-refractivity contribution in [2.75, 3.05) is 26.4 Å². The van der Waals surface area contributed by atoms with Crippen LogP contribution in [-0.4, -0.2) is 54.7 Å². The van der Waals surface area contributed by atoms with Crippen molar-refractivity contribution in [1.29, 1.82) is 0 Å². The van der Waals surface area contributed by atoms with Crippen LogP contribution in [0.5, 0.6) is 0 Å². The van der Waals surface area contributed by atoms with Crippen LogP contribution in [0.4, 0.5) is 4.79 Å². The molecule has 0 aromatic carbocycles. The van der Waals surface area contributed by atoms with Crippen LogP contribution >= 0.6 is 0 Å². The zero-order chi connectivity index (χ0) is 12.2. The zero-order valence-corrected chi connectivity index (χ0v) is 8.93. The number of hydrogen-bond acceptors (Lipinski definition) is 6. The summed E-state index contributed by atoms with van der Waals surface area (Å²) in [7, 11) is 0. The Morgan fingerprint density at radius 3 is 2.69 bits per heavy atom. The third kappa shape index (κ3) is 2.83. The Kier molecular flexibility index (Phi) is 4.08. The number of hydrogen-bond donors (Lipinski definition) is 3. The van der Waals surface area contributed by atoms with Gasteiger partial charge in [0.15, 0.2) is 6.10 Å². The molecule has 0 aromatic rings. The van der Waals surface area contributed by atoms with Crippen molar-refractivity contribution in [2.24, 2.45) is 5.41 Å². The Bertz CT molecular complexity index is 275. The minimum absolute atomic E-state index is 0.0901. The van der Waals surface area contributed by atoms with E-state index in [1.807, 2.05) is 0 Å². The first-order valence-electron chi connectivity index (χ1n) is 4.85. The van der Waals surface area contributed by atoms with E-state index in [-0.39, 0.29) is 13.2 Å². The minimum Gasteiger partial charge on any atom is -0.461 e. The maximum Gasteiger partial charge on any atom is 0.407 e. The summed E-state index contributed by atoms with van der Waals surface area (Å²) in [4.78, 5) is 22.1. The highest BCUT2D eigenvalue weighted by molar-refractivity contribution is 5.76.